The highest BCUT2D eigenvalue weighted by Gasteiger charge is 2.30. The third kappa shape index (κ3) is 10.9. The summed E-state index contributed by atoms with van der Waals surface area (Å²) in [5.74, 6) is 0.418. The molecule has 8 nitrogen and oxygen atoms in total. The third-order valence-corrected chi connectivity index (χ3v) is 8.26. The van der Waals surface area contributed by atoms with Crippen LogP contribution in [0.1, 0.15) is 44.7 Å². The standard InChI is InChI=1S/C33H42ClN3O5S/c1-5-42-30-19-17-29(18-20-30)37(43(4,40)41)21-9-12-32(38)36(24-27-13-15-28(34)16-14-27)31(33(39)35-23-25(2)3)22-26-10-7-6-8-11-26/h6-8,10-11,13-20,25,31H,5,9,12,21-24H2,1-4H3,(H,35,39)/t31-/m0/s1. The number of nitrogens with zero attached hydrogens (tertiary/aromatic N) is 2. The van der Waals surface area contributed by atoms with Crippen LogP contribution in [0.4, 0.5) is 5.69 Å². The fraction of sp³-hybridized carbons (Fsp3) is 0.394. The first-order chi connectivity index (χ1) is 20.5. The first-order valence-corrected chi connectivity index (χ1v) is 16.8. The molecule has 0 fully saturated rings. The first-order valence-electron chi connectivity index (χ1n) is 14.5. The molecule has 0 unspecified atom stereocenters. The largest absolute Gasteiger partial charge is 0.494 e. The summed E-state index contributed by atoms with van der Waals surface area (Å²) in [6.45, 7) is 7.21. The number of carbonyl (C=O) groups excluding carboxylic acids is 2. The first kappa shape index (κ1) is 33.9. The van der Waals surface area contributed by atoms with Gasteiger partial charge in [-0.25, -0.2) is 8.42 Å². The van der Waals surface area contributed by atoms with Gasteiger partial charge in [0.15, 0.2) is 0 Å². The summed E-state index contributed by atoms with van der Waals surface area (Å²) in [6, 6.07) is 22.9. The van der Waals surface area contributed by atoms with Crippen LogP contribution in [0, 0.1) is 5.92 Å². The Bertz CT molecular complexity index is 1420. The Hall–Kier alpha value is -3.56. The van der Waals surface area contributed by atoms with Crippen molar-refractivity contribution in [2.75, 3.05) is 30.3 Å². The molecule has 0 saturated carbocycles. The van der Waals surface area contributed by atoms with Crippen LogP contribution < -0.4 is 14.4 Å². The van der Waals surface area contributed by atoms with Crippen LogP contribution in [0.25, 0.3) is 0 Å². The van der Waals surface area contributed by atoms with Crippen LogP contribution in [-0.2, 0) is 32.6 Å². The van der Waals surface area contributed by atoms with E-state index < -0.39 is 16.1 Å². The van der Waals surface area contributed by atoms with Gasteiger partial charge in [-0.2, -0.15) is 0 Å². The van der Waals surface area contributed by atoms with Crippen molar-refractivity contribution in [2.45, 2.75) is 52.6 Å². The van der Waals surface area contributed by atoms with Crippen LogP contribution in [0.2, 0.25) is 5.02 Å². The number of hydrogen-bond donors (Lipinski definition) is 1. The maximum absolute atomic E-state index is 13.9. The van der Waals surface area contributed by atoms with Gasteiger partial charge < -0.3 is 15.0 Å². The molecule has 0 aliphatic rings. The summed E-state index contributed by atoms with van der Waals surface area (Å²) in [6.07, 6.45) is 1.81. The van der Waals surface area contributed by atoms with Crippen molar-refractivity contribution in [1.29, 1.82) is 0 Å². The Balaban J connectivity index is 1.85. The molecule has 10 heteroatoms. The van der Waals surface area contributed by atoms with Gasteiger partial charge >= 0.3 is 0 Å². The van der Waals surface area contributed by atoms with Crippen molar-refractivity contribution >= 4 is 39.1 Å². The molecule has 43 heavy (non-hydrogen) atoms. The van der Waals surface area contributed by atoms with E-state index in [0.29, 0.717) is 36.0 Å². The van der Waals surface area contributed by atoms with Crippen LogP contribution >= 0.6 is 11.6 Å². The van der Waals surface area contributed by atoms with E-state index in [0.717, 1.165) is 17.4 Å². The number of anilines is 1. The van der Waals surface area contributed by atoms with Crippen molar-refractivity contribution in [3.05, 3.63) is 95.0 Å². The van der Waals surface area contributed by atoms with Gasteiger partial charge in [-0.15, -0.1) is 0 Å². The van der Waals surface area contributed by atoms with Crippen LogP contribution in [-0.4, -0.2) is 57.1 Å². The zero-order chi connectivity index (χ0) is 31.4. The minimum absolute atomic E-state index is 0.0549. The van der Waals surface area contributed by atoms with Crippen molar-refractivity contribution in [3.8, 4) is 5.75 Å². The van der Waals surface area contributed by atoms with E-state index in [9.17, 15) is 18.0 Å². The molecule has 0 aliphatic heterocycles. The van der Waals surface area contributed by atoms with Gasteiger partial charge in [0.2, 0.25) is 21.8 Å². The van der Waals surface area contributed by atoms with Crippen molar-refractivity contribution in [2.24, 2.45) is 5.92 Å². The van der Waals surface area contributed by atoms with Gasteiger partial charge in [-0.3, -0.25) is 13.9 Å². The summed E-state index contributed by atoms with van der Waals surface area (Å²) < 4.78 is 32.1. The molecule has 3 rings (SSSR count). The minimum atomic E-state index is -3.61. The second-order valence-corrected chi connectivity index (χ2v) is 13.2. The molecule has 0 radical (unpaired) electrons. The number of benzene rings is 3. The number of halogens is 1. The molecule has 0 saturated heterocycles. The second-order valence-electron chi connectivity index (χ2n) is 10.9. The highest BCUT2D eigenvalue weighted by atomic mass is 35.5. The predicted octanol–water partition coefficient (Wildman–Crippen LogP) is 5.70. The molecule has 2 amide bonds. The highest BCUT2D eigenvalue weighted by molar-refractivity contribution is 7.92. The summed E-state index contributed by atoms with van der Waals surface area (Å²) in [5, 5.41) is 3.59. The number of rotatable bonds is 16. The molecule has 0 bridgehead atoms. The van der Waals surface area contributed by atoms with Gasteiger partial charge in [0.25, 0.3) is 0 Å². The quantitative estimate of drug-likeness (QED) is 0.220. The maximum atomic E-state index is 13.9. The van der Waals surface area contributed by atoms with Crippen LogP contribution in [0.15, 0.2) is 78.9 Å². The van der Waals surface area contributed by atoms with Gasteiger partial charge in [-0.05, 0) is 66.8 Å². The van der Waals surface area contributed by atoms with E-state index in [-0.39, 0.29) is 43.7 Å². The Morgan fingerprint density at radius 1 is 0.930 bits per heavy atom. The Morgan fingerprint density at radius 2 is 1.58 bits per heavy atom. The van der Waals surface area contributed by atoms with E-state index in [2.05, 4.69) is 5.32 Å². The molecule has 0 spiro atoms. The second kappa shape index (κ2) is 16.3. The van der Waals surface area contributed by atoms with E-state index >= 15 is 0 Å². The average Bonchev–Trinajstić information content (AvgIpc) is 2.97. The van der Waals surface area contributed by atoms with Crippen LogP contribution in [0.3, 0.4) is 0 Å². The summed E-state index contributed by atoms with van der Waals surface area (Å²) in [5.41, 5.74) is 2.26. The molecule has 3 aromatic carbocycles. The fourth-order valence-electron chi connectivity index (χ4n) is 4.64. The summed E-state index contributed by atoms with van der Waals surface area (Å²) in [4.78, 5) is 29.1. The van der Waals surface area contributed by atoms with E-state index in [1.54, 1.807) is 41.3 Å². The van der Waals surface area contributed by atoms with Crippen molar-refractivity contribution < 1.29 is 22.7 Å². The normalized spacial score (nSPS) is 12.0. The Labute approximate surface area is 261 Å². The lowest BCUT2D eigenvalue weighted by Gasteiger charge is -2.32. The third-order valence-electron chi connectivity index (χ3n) is 6.81. The summed E-state index contributed by atoms with van der Waals surface area (Å²) in [7, 11) is -3.61. The van der Waals surface area contributed by atoms with Crippen LogP contribution in [0.5, 0.6) is 5.75 Å². The number of ether oxygens (including phenoxy) is 1. The van der Waals surface area contributed by atoms with Gasteiger partial charge in [0.05, 0.1) is 18.6 Å². The monoisotopic (exact) mass is 627 g/mol. The Morgan fingerprint density at radius 3 is 2.16 bits per heavy atom. The SMILES string of the molecule is CCOc1ccc(N(CCCC(=O)N(Cc2ccc(Cl)cc2)[C@@H](Cc2ccccc2)C(=O)NCC(C)C)S(C)(=O)=O)cc1. The molecular weight excluding hydrogens is 586 g/mol. The van der Waals surface area contributed by atoms with Gasteiger partial charge in [0, 0.05) is 37.5 Å². The Kier molecular flexibility index (Phi) is 12.9. The lowest BCUT2D eigenvalue weighted by Crippen LogP contribution is -2.51. The lowest BCUT2D eigenvalue weighted by atomic mass is 10.0. The number of hydrogen-bond acceptors (Lipinski definition) is 5. The minimum Gasteiger partial charge on any atom is -0.494 e. The number of sulfonamides is 1. The zero-order valence-corrected chi connectivity index (χ0v) is 26.9. The fourth-order valence-corrected chi connectivity index (χ4v) is 5.73. The van der Waals surface area contributed by atoms with Gasteiger partial charge in [-0.1, -0.05) is 67.9 Å². The lowest BCUT2D eigenvalue weighted by molar-refractivity contribution is -0.141. The van der Waals surface area contributed by atoms with Gasteiger partial charge in [0.1, 0.15) is 11.8 Å². The number of amides is 2. The van der Waals surface area contributed by atoms with Crippen molar-refractivity contribution in [3.63, 3.8) is 0 Å². The molecule has 3 aromatic rings. The van der Waals surface area contributed by atoms with E-state index in [1.165, 1.54) is 4.31 Å². The van der Waals surface area contributed by atoms with E-state index in [4.69, 9.17) is 16.3 Å². The maximum Gasteiger partial charge on any atom is 0.243 e. The molecular formula is C33H42ClN3O5S. The molecule has 0 aliphatic carbocycles. The number of carbonyl (C=O) groups is 2. The van der Waals surface area contributed by atoms with E-state index in [1.807, 2.05) is 63.2 Å². The molecule has 232 valence electrons. The summed E-state index contributed by atoms with van der Waals surface area (Å²) >= 11 is 6.11. The average molecular weight is 628 g/mol. The highest BCUT2D eigenvalue weighted by Crippen LogP contribution is 2.23. The topological polar surface area (TPSA) is 96.0 Å². The molecule has 0 aromatic heterocycles. The predicted molar refractivity (Wildman–Crippen MR) is 173 cm³/mol. The molecule has 0 heterocycles. The molecule has 1 atom stereocenters. The zero-order valence-electron chi connectivity index (χ0n) is 25.3. The molecule has 1 N–H and O–H groups in total. The van der Waals surface area contributed by atoms with Crippen molar-refractivity contribution in [1.82, 2.24) is 10.2 Å². The number of nitrogens with one attached hydrogen (secondary N) is 1. The smallest absolute Gasteiger partial charge is 0.243 e.